The Hall–Kier alpha value is -2.80. The van der Waals surface area contributed by atoms with Crippen molar-refractivity contribution < 1.29 is 4.79 Å². The number of amides is 2. The van der Waals surface area contributed by atoms with Crippen LogP contribution < -0.4 is 5.32 Å². The Morgan fingerprint density at radius 1 is 1.11 bits per heavy atom. The third-order valence-electron chi connectivity index (χ3n) is 4.92. The topological polar surface area (TPSA) is 63.1 Å². The Bertz CT molecular complexity index is 928. The van der Waals surface area contributed by atoms with Crippen LogP contribution in [0.3, 0.4) is 0 Å². The van der Waals surface area contributed by atoms with Gasteiger partial charge in [-0.25, -0.2) is 4.79 Å². The van der Waals surface area contributed by atoms with Gasteiger partial charge < -0.3 is 14.8 Å². The Balaban J connectivity index is 1.45. The number of nitrogens with zero attached hydrogens (tertiary/aromatic N) is 4. The molecule has 1 aromatic heterocycles. The number of benzene rings is 2. The smallest absolute Gasteiger partial charge is 0.314 e. The second-order valence-corrected chi connectivity index (χ2v) is 7.76. The molecule has 1 N–H and O–H groups in total. The third-order valence-corrected chi connectivity index (χ3v) is 6.01. The van der Waals surface area contributed by atoms with Crippen LogP contribution in [0, 0.1) is 0 Å². The molecule has 0 aliphatic carbocycles. The molecule has 1 unspecified atom stereocenters. The molecule has 1 saturated heterocycles. The van der Waals surface area contributed by atoms with Gasteiger partial charge in [-0.2, -0.15) is 0 Å². The van der Waals surface area contributed by atoms with Crippen LogP contribution in [0.5, 0.6) is 0 Å². The number of anilines is 1. The van der Waals surface area contributed by atoms with Crippen molar-refractivity contribution in [2.45, 2.75) is 29.8 Å². The largest absolute Gasteiger partial charge is 0.322 e. The minimum absolute atomic E-state index is 0.0488. The summed E-state index contributed by atoms with van der Waals surface area (Å²) in [4.78, 5) is 14.6. The van der Waals surface area contributed by atoms with Gasteiger partial charge in [0.2, 0.25) is 0 Å². The zero-order valence-corrected chi connectivity index (χ0v) is 16.6. The van der Waals surface area contributed by atoms with Gasteiger partial charge in [0.25, 0.3) is 0 Å². The molecule has 1 fully saturated rings. The first kappa shape index (κ1) is 18.6. The van der Waals surface area contributed by atoms with Gasteiger partial charge in [-0.1, -0.05) is 60.3 Å². The number of urea groups is 1. The van der Waals surface area contributed by atoms with Crippen molar-refractivity contribution in [3.8, 4) is 0 Å². The average Bonchev–Trinajstić information content (AvgIpc) is 3.34. The van der Waals surface area contributed by atoms with Gasteiger partial charge in [-0.15, -0.1) is 10.2 Å². The van der Waals surface area contributed by atoms with Crippen LogP contribution in [0.4, 0.5) is 10.5 Å². The lowest BCUT2D eigenvalue weighted by atomic mass is 10.2. The summed E-state index contributed by atoms with van der Waals surface area (Å²) in [6, 6.07) is 19.7. The van der Waals surface area contributed by atoms with E-state index in [9.17, 15) is 4.79 Å². The Morgan fingerprint density at radius 2 is 1.82 bits per heavy atom. The zero-order valence-electron chi connectivity index (χ0n) is 15.8. The quantitative estimate of drug-likeness (QED) is 0.650. The molecule has 6 nitrogen and oxygen atoms in total. The fourth-order valence-electron chi connectivity index (χ4n) is 3.46. The maximum Gasteiger partial charge on any atom is 0.322 e. The van der Waals surface area contributed by atoms with E-state index in [4.69, 9.17) is 0 Å². The van der Waals surface area contributed by atoms with Crippen molar-refractivity contribution in [1.82, 2.24) is 19.7 Å². The number of rotatable bonds is 5. The van der Waals surface area contributed by atoms with E-state index in [1.807, 2.05) is 65.0 Å². The fraction of sp³-hybridized carbons (Fsp3) is 0.286. The molecule has 3 aromatic rings. The van der Waals surface area contributed by atoms with Crippen LogP contribution in [-0.4, -0.2) is 32.2 Å². The highest BCUT2D eigenvalue weighted by molar-refractivity contribution is 7.98. The Kier molecular flexibility index (Phi) is 5.62. The zero-order chi connectivity index (χ0) is 19.3. The van der Waals surface area contributed by atoms with E-state index in [-0.39, 0.29) is 12.1 Å². The maximum absolute atomic E-state index is 12.8. The van der Waals surface area contributed by atoms with E-state index in [2.05, 4.69) is 27.6 Å². The summed E-state index contributed by atoms with van der Waals surface area (Å²) in [6.07, 6.45) is 1.86. The summed E-state index contributed by atoms with van der Waals surface area (Å²) in [7, 11) is 1.98. The fourth-order valence-corrected chi connectivity index (χ4v) is 4.33. The highest BCUT2D eigenvalue weighted by Crippen LogP contribution is 2.33. The third kappa shape index (κ3) is 4.04. The molecule has 1 aliphatic heterocycles. The predicted octanol–water partition coefficient (Wildman–Crippen LogP) is 4.48. The molecular weight excluding hydrogens is 370 g/mol. The van der Waals surface area contributed by atoms with E-state index in [0.717, 1.165) is 41.8 Å². The lowest BCUT2D eigenvalue weighted by Gasteiger charge is -2.24. The average molecular weight is 394 g/mol. The van der Waals surface area contributed by atoms with Crippen LogP contribution in [0.25, 0.3) is 0 Å². The highest BCUT2D eigenvalue weighted by atomic mass is 32.2. The number of thioether (sulfide) groups is 1. The SMILES string of the molecule is Cn1c(SCc2ccccc2)nnc1C1CCCN1C(=O)Nc1ccccc1. The van der Waals surface area contributed by atoms with Crippen LogP contribution in [0.2, 0.25) is 0 Å². The molecule has 28 heavy (non-hydrogen) atoms. The number of para-hydroxylation sites is 1. The molecule has 144 valence electrons. The van der Waals surface area contributed by atoms with Crippen LogP contribution in [-0.2, 0) is 12.8 Å². The normalized spacial score (nSPS) is 16.3. The summed E-state index contributed by atoms with van der Waals surface area (Å²) < 4.78 is 2.02. The molecule has 0 saturated carbocycles. The summed E-state index contributed by atoms with van der Waals surface area (Å²) >= 11 is 1.66. The van der Waals surface area contributed by atoms with Gasteiger partial charge in [-0.3, -0.25) is 0 Å². The van der Waals surface area contributed by atoms with Crippen molar-refractivity contribution in [2.24, 2.45) is 7.05 Å². The van der Waals surface area contributed by atoms with Gasteiger partial charge in [0.15, 0.2) is 11.0 Å². The van der Waals surface area contributed by atoms with Crippen molar-refractivity contribution in [3.05, 3.63) is 72.1 Å². The second-order valence-electron chi connectivity index (χ2n) is 6.82. The molecule has 2 aromatic carbocycles. The van der Waals surface area contributed by atoms with E-state index < -0.39 is 0 Å². The van der Waals surface area contributed by atoms with Gasteiger partial charge in [-0.05, 0) is 30.5 Å². The number of hydrogen-bond donors (Lipinski definition) is 1. The first-order valence-electron chi connectivity index (χ1n) is 9.41. The van der Waals surface area contributed by atoms with Crippen molar-refractivity contribution >= 4 is 23.5 Å². The molecule has 1 aliphatic rings. The highest BCUT2D eigenvalue weighted by Gasteiger charge is 2.33. The number of aromatic nitrogens is 3. The molecule has 0 bridgehead atoms. The summed E-state index contributed by atoms with van der Waals surface area (Å²) in [5, 5.41) is 12.6. The molecular formula is C21H23N5OS. The lowest BCUT2D eigenvalue weighted by Crippen LogP contribution is -2.35. The second kappa shape index (κ2) is 8.48. The van der Waals surface area contributed by atoms with Crippen molar-refractivity contribution in [3.63, 3.8) is 0 Å². The van der Waals surface area contributed by atoms with Crippen LogP contribution in [0.1, 0.15) is 30.3 Å². The van der Waals surface area contributed by atoms with Gasteiger partial charge in [0.05, 0.1) is 6.04 Å². The predicted molar refractivity (Wildman–Crippen MR) is 111 cm³/mol. The minimum Gasteiger partial charge on any atom is -0.314 e. The van der Waals surface area contributed by atoms with Gasteiger partial charge in [0, 0.05) is 25.0 Å². The minimum atomic E-state index is -0.0878. The Morgan fingerprint density at radius 3 is 2.57 bits per heavy atom. The van der Waals surface area contributed by atoms with E-state index in [1.54, 1.807) is 11.8 Å². The van der Waals surface area contributed by atoms with E-state index >= 15 is 0 Å². The Labute approximate surface area is 169 Å². The number of carbonyl (C=O) groups excluding carboxylic acids is 1. The summed E-state index contributed by atoms with van der Waals surface area (Å²) in [6.45, 7) is 0.725. The standard InChI is InChI=1S/C21H23N5OS/c1-25-19(23-24-21(25)28-15-16-9-4-2-5-10-16)18-13-8-14-26(18)20(27)22-17-11-6-3-7-12-17/h2-7,9-12,18H,8,13-15H2,1H3,(H,22,27). The molecule has 0 radical (unpaired) electrons. The van der Waals surface area contributed by atoms with Gasteiger partial charge >= 0.3 is 6.03 Å². The first-order chi connectivity index (χ1) is 13.7. The number of carbonyl (C=O) groups is 1. The first-order valence-corrected chi connectivity index (χ1v) is 10.4. The molecule has 2 heterocycles. The molecule has 2 amide bonds. The number of hydrogen-bond acceptors (Lipinski definition) is 4. The summed E-state index contributed by atoms with van der Waals surface area (Å²) in [5.74, 6) is 1.69. The van der Waals surface area contributed by atoms with Crippen LogP contribution in [0.15, 0.2) is 65.8 Å². The molecule has 7 heteroatoms. The lowest BCUT2D eigenvalue weighted by molar-refractivity contribution is 0.204. The van der Waals surface area contributed by atoms with Crippen molar-refractivity contribution in [1.29, 1.82) is 0 Å². The molecule has 0 spiro atoms. The maximum atomic E-state index is 12.8. The van der Waals surface area contributed by atoms with E-state index in [0.29, 0.717) is 0 Å². The monoisotopic (exact) mass is 393 g/mol. The van der Waals surface area contributed by atoms with Gasteiger partial charge in [0.1, 0.15) is 0 Å². The van der Waals surface area contributed by atoms with Crippen molar-refractivity contribution in [2.75, 3.05) is 11.9 Å². The summed E-state index contributed by atoms with van der Waals surface area (Å²) in [5.41, 5.74) is 2.05. The molecule has 4 rings (SSSR count). The number of likely N-dealkylation sites (tertiary alicyclic amines) is 1. The van der Waals surface area contributed by atoms with Crippen LogP contribution >= 0.6 is 11.8 Å². The van der Waals surface area contributed by atoms with E-state index in [1.165, 1.54) is 5.56 Å². The number of nitrogens with one attached hydrogen (secondary N) is 1. The molecule has 1 atom stereocenters.